The number of fused-ring (bicyclic) bond motifs is 4. The Morgan fingerprint density at radius 3 is 2.37 bits per heavy atom. The van der Waals surface area contributed by atoms with E-state index in [-0.39, 0.29) is 37.4 Å². The predicted molar refractivity (Wildman–Crippen MR) is 128 cm³/mol. The molecule has 2 aromatic rings. The number of hydrogen-bond donors (Lipinski definition) is 3. The zero-order valence-electron chi connectivity index (χ0n) is 19.5. The number of aliphatic hydroxyl groups excluding tert-OH is 1. The smallest absolute Gasteiger partial charge is 0.407 e. The van der Waals surface area contributed by atoms with Gasteiger partial charge in [0.15, 0.2) is 0 Å². The van der Waals surface area contributed by atoms with Gasteiger partial charge in [-0.2, -0.15) is 0 Å². The van der Waals surface area contributed by atoms with E-state index in [0.717, 1.165) is 28.7 Å². The Morgan fingerprint density at radius 1 is 1.06 bits per heavy atom. The van der Waals surface area contributed by atoms with Gasteiger partial charge in [0.1, 0.15) is 6.61 Å². The van der Waals surface area contributed by atoms with E-state index >= 15 is 0 Å². The van der Waals surface area contributed by atoms with Crippen LogP contribution in [0, 0.1) is 5.41 Å². The number of likely N-dealkylation sites (tertiary alicyclic amines) is 1. The third kappa shape index (κ3) is 4.16. The van der Waals surface area contributed by atoms with Crippen LogP contribution >= 0.6 is 0 Å². The van der Waals surface area contributed by atoms with Crippen molar-refractivity contribution in [3.8, 4) is 11.1 Å². The van der Waals surface area contributed by atoms with E-state index in [4.69, 9.17) is 4.74 Å². The largest absolute Gasteiger partial charge is 0.481 e. The summed E-state index contributed by atoms with van der Waals surface area (Å²) in [5.41, 5.74) is 3.66. The molecule has 3 unspecified atom stereocenters. The number of carbonyl (C=O) groups is 3. The van der Waals surface area contributed by atoms with Gasteiger partial charge in [-0.25, -0.2) is 4.79 Å². The first-order valence-electron chi connectivity index (χ1n) is 12.2. The molecule has 3 N–H and O–H groups in total. The molecule has 35 heavy (non-hydrogen) atoms. The third-order valence-corrected chi connectivity index (χ3v) is 7.90. The summed E-state index contributed by atoms with van der Waals surface area (Å²) in [6, 6.07) is 15.8. The Balaban J connectivity index is 1.11. The van der Waals surface area contributed by atoms with Gasteiger partial charge in [0.2, 0.25) is 5.91 Å². The summed E-state index contributed by atoms with van der Waals surface area (Å²) in [6.07, 6.45) is 0.592. The number of rotatable bonds is 7. The number of aliphatic hydroxyl groups is 1. The lowest BCUT2D eigenvalue weighted by molar-refractivity contribution is -0.150. The fourth-order valence-corrected chi connectivity index (χ4v) is 6.17. The molecule has 3 atom stereocenters. The summed E-state index contributed by atoms with van der Waals surface area (Å²) in [7, 11) is 0. The van der Waals surface area contributed by atoms with Crippen molar-refractivity contribution in [1.29, 1.82) is 0 Å². The summed E-state index contributed by atoms with van der Waals surface area (Å²) in [5.74, 6) is -1.18. The van der Waals surface area contributed by atoms with Crippen LogP contribution in [0.25, 0.3) is 11.1 Å². The standard InChI is InChI=1S/C27H30N2O6/c30-17(14-24(31)29-13-12-27(25(32)33)11-5-10-23(27)29)15-28-26(34)35-16-22-20-8-3-1-6-18(20)19-7-2-4-9-21(19)22/h1-4,6-9,17,22-23,30H,5,10-16H2,(H,28,34)(H,32,33). The Labute approximate surface area is 203 Å². The highest BCUT2D eigenvalue weighted by Gasteiger charge is 2.56. The van der Waals surface area contributed by atoms with E-state index in [1.54, 1.807) is 4.90 Å². The van der Waals surface area contributed by atoms with E-state index in [0.29, 0.717) is 25.8 Å². The molecule has 0 spiro atoms. The highest BCUT2D eigenvalue weighted by Crippen LogP contribution is 2.49. The average Bonchev–Trinajstić information content (AvgIpc) is 3.52. The molecule has 8 nitrogen and oxygen atoms in total. The maximum absolute atomic E-state index is 12.8. The molecular weight excluding hydrogens is 448 g/mol. The van der Waals surface area contributed by atoms with Gasteiger partial charge in [0.05, 0.1) is 17.9 Å². The minimum absolute atomic E-state index is 0.0595. The molecule has 1 aliphatic heterocycles. The molecule has 2 amide bonds. The Kier molecular flexibility index (Phi) is 6.23. The molecular formula is C27H30N2O6. The normalized spacial score (nSPS) is 23.3. The first-order valence-corrected chi connectivity index (χ1v) is 12.2. The molecule has 2 aromatic carbocycles. The monoisotopic (exact) mass is 478 g/mol. The van der Waals surface area contributed by atoms with Gasteiger partial charge in [0.25, 0.3) is 0 Å². The Morgan fingerprint density at radius 2 is 1.71 bits per heavy atom. The number of nitrogens with zero attached hydrogens (tertiary/aromatic N) is 1. The van der Waals surface area contributed by atoms with Gasteiger partial charge in [-0.05, 0) is 41.5 Å². The molecule has 8 heteroatoms. The van der Waals surface area contributed by atoms with Crippen LogP contribution in [0.2, 0.25) is 0 Å². The SMILES string of the molecule is O=C(NCC(O)CC(=O)N1CCC2(C(=O)O)CCCC12)OCC1c2ccccc2-c2ccccc21. The number of ether oxygens (including phenoxy) is 1. The van der Waals surface area contributed by atoms with Crippen LogP contribution in [-0.4, -0.2) is 64.9 Å². The Bertz CT molecular complexity index is 1100. The molecule has 1 heterocycles. The van der Waals surface area contributed by atoms with Gasteiger partial charge in [-0.1, -0.05) is 55.0 Å². The van der Waals surface area contributed by atoms with Crippen LogP contribution in [0.15, 0.2) is 48.5 Å². The molecule has 5 rings (SSSR count). The van der Waals surface area contributed by atoms with Crippen LogP contribution in [0.1, 0.15) is 49.1 Å². The minimum Gasteiger partial charge on any atom is -0.481 e. The van der Waals surface area contributed by atoms with Crippen molar-refractivity contribution in [1.82, 2.24) is 10.2 Å². The van der Waals surface area contributed by atoms with Crippen LogP contribution in [-0.2, 0) is 14.3 Å². The Hall–Kier alpha value is -3.39. The molecule has 1 saturated heterocycles. The molecule has 184 valence electrons. The van der Waals surface area contributed by atoms with Crippen molar-refractivity contribution >= 4 is 18.0 Å². The van der Waals surface area contributed by atoms with Crippen molar-refractivity contribution in [2.45, 2.75) is 50.2 Å². The highest BCUT2D eigenvalue weighted by atomic mass is 16.5. The van der Waals surface area contributed by atoms with E-state index < -0.39 is 23.6 Å². The number of alkyl carbamates (subject to hydrolysis) is 1. The van der Waals surface area contributed by atoms with Crippen molar-refractivity contribution in [3.05, 3.63) is 59.7 Å². The summed E-state index contributed by atoms with van der Waals surface area (Å²) >= 11 is 0. The molecule has 0 radical (unpaired) electrons. The van der Waals surface area contributed by atoms with E-state index in [1.165, 1.54) is 0 Å². The lowest BCUT2D eigenvalue weighted by Gasteiger charge is -2.29. The highest BCUT2D eigenvalue weighted by molar-refractivity contribution is 5.82. The number of carboxylic acid groups (broad SMARTS) is 1. The quantitative estimate of drug-likeness (QED) is 0.563. The van der Waals surface area contributed by atoms with Gasteiger partial charge >= 0.3 is 12.1 Å². The molecule has 2 fully saturated rings. The van der Waals surface area contributed by atoms with Crippen LogP contribution < -0.4 is 5.32 Å². The number of carbonyl (C=O) groups excluding carboxylic acids is 2. The second kappa shape index (κ2) is 9.34. The molecule has 3 aliphatic rings. The molecule has 2 aliphatic carbocycles. The summed E-state index contributed by atoms with van der Waals surface area (Å²) in [4.78, 5) is 38.5. The molecule has 0 bridgehead atoms. The van der Waals surface area contributed by atoms with E-state index in [1.807, 2.05) is 36.4 Å². The zero-order chi connectivity index (χ0) is 24.6. The van der Waals surface area contributed by atoms with Crippen molar-refractivity contribution < 1.29 is 29.3 Å². The van der Waals surface area contributed by atoms with Crippen LogP contribution in [0.4, 0.5) is 4.79 Å². The van der Waals surface area contributed by atoms with Gasteiger partial charge in [-0.15, -0.1) is 0 Å². The minimum atomic E-state index is -1.08. The molecule has 1 saturated carbocycles. The maximum Gasteiger partial charge on any atom is 0.407 e. The number of aliphatic carboxylic acids is 1. The first-order chi connectivity index (χ1) is 16.9. The lowest BCUT2D eigenvalue weighted by atomic mass is 9.82. The van der Waals surface area contributed by atoms with E-state index in [9.17, 15) is 24.6 Å². The van der Waals surface area contributed by atoms with Crippen molar-refractivity contribution in [2.75, 3.05) is 19.7 Å². The lowest BCUT2D eigenvalue weighted by Crippen LogP contribution is -2.44. The van der Waals surface area contributed by atoms with Crippen LogP contribution in [0.5, 0.6) is 0 Å². The van der Waals surface area contributed by atoms with Crippen LogP contribution in [0.3, 0.4) is 0 Å². The van der Waals surface area contributed by atoms with Gasteiger partial charge in [-0.3, -0.25) is 9.59 Å². The number of amides is 2. The maximum atomic E-state index is 12.8. The third-order valence-electron chi connectivity index (χ3n) is 7.90. The number of benzene rings is 2. The average molecular weight is 479 g/mol. The van der Waals surface area contributed by atoms with Crippen molar-refractivity contribution in [3.63, 3.8) is 0 Å². The topological polar surface area (TPSA) is 116 Å². The van der Waals surface area contributed by atoms with Crippen molar-refractivity contribution in [2.24, 2.45) is 5.41 Å². The summed E-state index contributed by atoms with van der Waals surface area (Å²) in [6.45, 7) is 0.439. The fourth-order valence-electron chi connectivity index (χ4n) is 6.17. The summed E-state index contributed by atoms with van der Waals surface area (Å²) in [5, 5.41) is 22.6. The second-order valence-electron chi connectivity index (χ2n) is 9.77. The number of hydrogen-bond acceptors (Lipinski definition) is 5. The fraction of sp³-hybridized carbons (Fsp3) is 0.444. The summed E-state index contributed by atoms with van der Waals surface area (Å²) < 4.78 is 5.47. The molecule has 0 aromatic heterocycles. The number of carboxylic acids is 1. The van der Waals surface area contributed by atoms with Gasteiger partial charge in [0, 0.05) is 25.0 Å². The zero-order valence-corrected chi connectivity index (χ0v) is 19.5. The van der Waals surface area contributed by atoms with Gasteiger partial charge < -0.3 is 25.2 Å². The number of nitrogens with one attached hydrogen (secondary N) is 1. The first kappa shape index (κ1) is 23.4. The second-order valence-corrected chi connectivity index (χ2v) is 9.77. The van der Waals surface area contributed by atoms with E-state index in [2.05, 4.69) is 17.4 Å². The predicted octanol–water partition coefficient (Wildman–Crippen LogP) is 3.13.